The zero-order chi connectivity index (χ0) is 22.1. The summed E-state index contributed by atoms with van der Waals surface area (Å²) in [4.78, 5) is 27.6. The molecule has 1 aromatic heterocycles. The normalized spacial score (nSPS) is 10.6. The van der Waals surface area contributed by atoms with Crippen LogP contribution in [0.2, 0.25) is 0 Å². The number of aromatic nitrogens is 1. The van der Waals surface area contributed by atoms with Crippen LogP contribution >= 0.6 is 0 Å². The zero-order valence-electron chi connectivity index (χ0n) is 18.3. The summed E-state index contributed by atoms with van der Waals surface area (Å²) in [5, 5.41) is 1.08. The van der Waals surface area contributed by atoms with Crippen molar-refractivity contribution in [1.29, 1.82) is 0 Å². The molecule has 0 radical (unpaired) electrons. The van der Waals surface area contributed by atoms with Crippen molar-refractivity contribution in [2.45, 2.75) is 13.3 Å². The highest BCUT2D eigenvalue weighted by molar-refractivity contribution is 5.96. The summed E-state index contributed by atoms with van der Waals surface area (Å²) in [5.41, 5.74) is 8.67. The van der Waals surface area contributed by atoms with Gasteiger partial charge in [-0.2, -0.15) is 0 Å². The first kappa shape index (κ1) is 23.3. The Labute approximate surface area is 178 Å². The Morgan fingerprint density at radius 1 is 0.967 bits per heavy atom. The van der Waals surface area contributed by atoms with E-state index in [2.05, 4.69) is 24.0 Å². The molecule has 0 aliphatic heterocycles. The van der Waals surface area contributed by atoms with E-state index in [1.54, 1.807) is 11.6 Å². The summed E-state index contributed by atoms with van der Waals surface area (Å²) in [6, 6.07) is 18.1. The van der Waals surface area contributed by atoms with Crippen molar-refractivity contribution in [1.82, 2.24) is 14.4 Å². The number of amides is 1. The Hall–Kier alpha value is -2.96. The molecule has 0 aliphatic rings. The van der Waals surface area contributed by atoms with Crippen molar-refractivity contribution in [2.75, 3.05) is 40.8 Å². The fraction of sp³-hybridized carbons (Fsp3) is 0.333. The highest BCUT2D eigenvalue weighted by Gasteiger charge is 2.17. The Morgan fingerprint density at radius 3 is 2.17 bits per heavy atom. The van der Waals surface area contributed by atoms with Gasteiger partial charge in [0.1, 0.15) is 6.54 Å². The standard InChI is InChI=1S/C17H24N4O2.C7H8/c1-19(2)9-8-13-11-21(15-7-5-4-6-14(13)15)17(23)12-20(3)16(22)10-18;1-7-5-3-2-4-6-7/h4-7,11H,8-10,12,18H2,1-3H3;2-6H,1H3. The molecule has 0 spiro atoms. The van der Waals surface area contributed by atoms with E-state index < -0.39 is 0 Å². The Kier molecular flexibility index (Phi) is 8.77. The van der Waals surface area contributed by atoms with Crippen molar-refractivity contribution < 1.29 is 9.59 Å². The highest BCUT2D eigenvalue weighted by Crippen LogP contribution is 2.22. The molecule has 1 amide bonds. The maximum atomic E-state index is 12.6. The van der Waals surface area contributed by atoms with Gasteiger partial charge < -0.3 is 15.5 Å². The number of aryl methyl sites for hydroxylation is 1. The van der Waals surface area contributed by atoms with Gasteiger partial charge in [0.15, 0.2) is 0 Å². The molecule has 30 heavy (non-hydrogen) atoms. The number of carbonyl (C=O) groups excluding carboxylic acids is 2. The molecule has 2 aromatic carbocycles. The zero-order valence-corrected chi connectivity index (χ0v) is 18.3. The quantitative estimate of drug-likeness (QED) is 0.681. The van der Waals surface area contributed by atoms with Crippen molar-refractivity contribution >= 4 is 22.7 Å². The molecule has 0 bridgehead atoms. The first-order chi connectivity index (χ1) is 14.3. The van der Waals surface area contributed by atoms with Gasteiger partial charge in [-0.05, 0) is 39.1 Å². The molecule has 0 fully saturated rings. The number of hydrogen-bond acceptors (Lipinski definition) is 4. The topological polar surface area (TPSA) is 71.6 Å². The predicted octanol–water partition coefficient (Wildman–Crippen LogP) is 2.80. The van der Waals surface area contributed by atoms with Gasteiger partial charge >= 0.3 is 0 Å². The fourth-order valence-corrected chi connectivity index (χ4v) is 3.06. The Morgan fingerprint density at radius 2 is 1.60 bits per heavy atom. The SMILES string of the molecule is CN(C)CCc1cn(C(=O)CN(C)C(=O)CN)c2ccccc12.Cc1ccccc1. The molecule has 0 saturated carbocycles. The van der Waals surface area contributed by atoms with Gasteiger partial charge in [-0.3, -0.25) is 14.2 Å². The Bertz CT molecular complexity index is 964. The van der Waals surface area contributed by atoms with Crippen molar-refractivity contribution in [3.8, 4) is 0 Å². The average Bonchev–Trinajstić information content (AvgIpc) is 3.11. The lowest BCUT2D eigenvalue weighted by molar-refractivity contribution is -0.128. The number of fused-ring (bicyclic) bond motifs is 1. The van der Waals surface area contributed by atoms with E-state index in [0.29, 0.717) is 0 Å². The third-order valence-electron chi connectivity index (χ3n) is 4.80. The van der Waals surface area contributed by atoms with Crippen LogP contribution in [-0.2, 0) is 11.2 Å². The van der Waals surface area contributed by atoms with Crippen LogP contribution in [0, 0.1) is 6.92 Å². The fourth-order valence-electron chi connectivity index (χ4n) is 3.06. The number of hydrogen-bond donors (Lipinski definition) is 1. The maximum Gasteiger partial charge on any atom is 0.250 e. The van der Waals surface area contributed by atoms with Gasteiger partial charge in [-0.15, -0.1) is 0 Å². The van der Waals surface area contributed by atoms with Crippen LogP contribution in [0.4, 0.5) is 0 Å². The van der Waals surface area contributed by atoms with Gasteiger partial charge in [0.25, 0.3) is 5.91 Å². The highest BCUT2D eigenvalue weighted by atomic mass is 16.2. The maximum absolute atomic E-state index is 12.6. The average molecular weight is 409 g/mol. The first-order valence-electron chi connectivity index (χ1n) is 10.1. The lowest BCUT2D eigenvalue weighted by Crippen LogP contribution is -2.37. The van der Waals surface area contributed by atoms with Crippen molar-refractivity contribution in [2.24, 2.45) is 5.73 Å². The van der Waals surface area contributed by atoms with Gasteiger partial charge in [-0.25, -0.2) is 0 Å². The summed E-state index contributed by atoms with van der Waals surface area (Å²) in [5.74, 6) is -0.385. The van der Waals surface area contributed by atoms with Gasteiger partial charge in [0.05, 0.1) is 12.1 Å². The Balaban J connectivity index is 0.000000386. The van der Waals surface area contributed by atoms with E-state index in [1.807, 2.05) is 62.8 Å². The van der Waals surface area contributed by atoms with E-state index in [0.717, 1.165) is 29.4 Å². The lowest BCUT2D eigenvalue weighted by Gasteiger charge is -2.15. The number of benzene rings is 2. The smallest absolute Gasteiger partial charge is 0.250 e. The molecule has 1 heterocycles. The summed E-state index contributed by atoms with van der Waals surface area (Å²) < 4.78 is 1.64. The minimum absolute atomic E-state index is 0.0157. The second kappa shape index (κ2) is 11.3. The molecular weight excluding hydrogens is 376 g/mol. The van der Waals surface area contributed by atoms with E-state index >= 15 is 0 Å². The van der Waals surface area contributed by atoms with Crippen LogP contribution in [0.15, 0.2) is 60.8 Å². The number of likely N-dealkylation sites (N-methyl/N-ethyl adjacent to an activating group) is 2. The van der Waals surface area contributed by atoms with E-state index in [-0.39, 0.29) is 24.9 Å². The van der Waals surface area contributed by atoms with E-state index in [9.17, 15) is 9.59 Å². The third kappa shape index (κ3) is 6.54. The second-order valence-electron chi connectivity index (χ2n) is 7.60. The molecule has 0 unspecified atom stereocenters. The molecule has 0 aliphatic carbocycles. The van der Waals surface area contributed by atoms with Gasteiger partial charge in [0, 0.05) is 25.2 Å². The monoisotopic (exact) mass is 408 g/mol. The molecule has 3 aromatic rings. The predicted molar refractivity (Wildman–Crippen MR) is 123 cm³/mol. The first-order valence-corrected chi connectivity index (χ1v) is 10.1. The number of rotatable bonds is 6. The summed E-state index contributed by atoms with van der Waals surface area (Å²) in [6.07, 6.45) is 2.75. The van der Waals surface area contributed by atoms with Crippen molar-refractivity contribution in [3.63, 3.8) is 0 Å². The van der Waals surface area contributed by atoms with E-state index in [1.165, 1.54) is 10.5 Å². The van der Waals surface area contributed by atoms with Gasteiger partial charge in [-0.1, -0.05) is 54.1 Å². The summed E-state index contributed by atoms with van der Waals surface area (Å²) >= 11 is 0. The third-order valence-corrected chi connectivity index (χ3v) is 4.80. The summed E-state index contributed by atoms with van der Waals surface area (Å²) in [6.45, 7) is 2.92. The van der Waals surface area contributed by atoms with E-state index in [4.69, 9.17) is 5.73 Å². The number of nitrogens with two attached hydrogens (primary N) is 1. The molecule has 6 nitrogen and oxygen atoms in total. The molecular formula is C24H32N4O2. The molecule has 6 heteroatoms. The van der Waals surface area contributed by atoms with Gasteiger partial charge in [0.2, 0.25) is 5.91 Å². The van der Waals surface area contributed by atoms with Crippen LogP contribution in [0.3, 0.4) is 0 Å². The molecule has 0 saturated heterocycles. The number of nitrogens with zero attached hydrogens (tertiary/aromatic N) is 3. The van der Waals surface area contributed by atoms with Crippen LogP contribution in [0.5, 0.6) is 0 Å². The largest absolute Gasteiger partial charge is 0.335 e. The number of carbonyl (C=O) groups is 2. The number of para-hydroxylation sites is 1. The minimum Gasteiger partial charge on any atom is -0.335 e. The van der Waals surface area contributed by atoms with Crippen molar-refractivity contribution in [3.05, 3.63) is 71.9 Å². The van der Waals surface area contributed by atoms with Crippen LogP contribution in [-0.4, -0.2) is 67.0 Å². The van der Waals surface area contributed by atoms with Crippen LogP contribution in [0.1, 0.15) is 15.9 Å². The second-order valence-corrected chi connectivity index (χ2v) is 7.60. The summed E-state index contributed by atoms with van der Waals surface area (Å²) in [7, 11) is 5.64. The minimum atomic E-state index is -0.248. The molecule has 160 valence electrons. The molecule has 3 rings (SSSR count). The van der Waals surface area contributed by atoms with Crippen LogP contribution in [0.25, 0.3) is 10.9 Å². The molecule has 0 atom stereocenters. The van der Waals surface area contributed by atoms with Crippen LogP contribution < -0.4 is 5.73 Å². The lowest BCUT2D eigenvalue weighted by atomic mass is 10.1. The molecule has 2 N–H and O–H groups in total.